The lowest BCUT2D eigenvalue weighted by Crippen LogP contribution is -2.50. The summed E-state index contributed by atoms with van der Waals surface area (Å²) in [5.74, 6) is 1.73. The molecule has 0 spiro atoms. The van der Waals surface area contributed by atoms with Gasteiger partial charge < -0.3 is 14.4 Å². The predicted molar refractivity (Wildman–Crippen MR) is 105 cm³/mol. The Balaban J connectivity index is 1.32. The molecule has 0 N–H and O–H groups in total. The van der Waals surface area contributed by atoms with E-state index in [1.807, 2.05) is 24.3 Å². The van der Waals surface area contributed by atoms with E-state index in [4.69, 9.17) is 9.47 Å². The Morgan fingerprint density at radius 1 is 0.923 bits per heavy atom. The van der Waals surface area contributed by atoms with Crippen LogP contribution in [0, 0.1) is 0 Å². The molecule has 2 heterocycles. The molecule has 0 aliphatic carbocycles. The van der Waals surface area contributed by atoms with Crippen LogP contribution in [-0.4, -0.2) is 50.3 Å². The van der Waals surface area contributed by atoms with E-state index in [0.29, 0.717) is 6.61 Å². The summed E-state index contributed by atoms with van der Waals surface area (Å²) in [7, 11) is 0. The van der Waals surface area contributed by atoms with Crippen molar-refractivity contribution in [3.63, 3.8) is 0 Å². The van der Waals surface area contributed by atoms with E-state index < -0.39 is 0 Å². The molecule has 0 radical (unpaired) electrons. The second-order valence-electron chi connectivity index (χ2n) is 7.16. The van der Waals surface area contributed by atoms with Crippen molar-refractivity contribution >= 4 is 5.69 Å². The van der Waals surface area contributed by atoms with Gasteiger partial charge in [-0.05, 0) is 30.2 Å². The van der Waals surface area contributed by atoms with E-state index in [1.54, 1.807) is 0 Å². The summed E-state index contributed by atoms with van der Waals surface area (Å²) in [6.07, 6.45) is 2.46. The third-order valence-electron chi connectivity index (χ3n) is 5.25. The molecule has 1 saturated heterocycles. The number of rotatable bonds is 5. The fourth-order valence-corrected chi connectivity index (χ4v) is 3.91. The third-order valence-corrected chi connectivity index (χ3v) is 5.25. The van der Waals surface area contributed by atoms with Crippen molar-refractivity contribution < 1.29 is 9.47 Å². The number of ether oxygens (including phenoxy) is 2. The lowest BCUT2D eigenvalue weighted by atomic mass is 10.1. The maximum absolute atomic E-state index is 6.12. The molecule has 2 aromatic carbocycles. The second-order valence-corrected chi connectivity index (χ2v) is 7.16. The van der Waals surface area contributed by atoms with Gasteiger partial charge in [0.1, 0.15) is 12.7 Å². The summed E-state index contributed by atoms with van der Waals surface area (Å²) in [6, 6.07) is 16.8. The number of hydrogen-bond donors (Lipinski definition) is 0. The van der Waals surface area contributed by atoms with Gasteiger partial charge in [-0.15, -0.1) is 0 Å². The lowest BCUT2D eigenvalue weighted by molar-refractivity contribution is 0.0571. The van der Waals surface area contributed by atoms with Crippen LogP contribution in [0.2, 0.25) is 0 Å². The van der Waals surface area contributed by atoms with Gasteiger partial charge in [0.15, 0.2) is 11.5 Å². The molecule has 26 heavy (non-hydrogen) atoms. The number of benzene rings is 2. The standard InChI is InChI=1S/C22H28N2O2/c1-2-7-18-8-3-4-9-20(18)24-14-12-23(13-15-24)16-19-17-25-21-10-5-6-11-22(21)26-19/h3-6,8-11,19H,2,7,12-17H2,1H3/t19-/m0/s1. The topological polar surface area (TPSA) is 24.9 Å². The number of fused-ring (bicyclic) bond motifs is 1. The highest BCUT2D eigenvalue weighted by Crippen LogP contribution is 2.31. The lowest BCUT2D eigenvalue weighted by Gasteiger charge is -2.39. The van der Waals surface area contributed by atoms with Crippen LogP contribution in [0.3, 0.4) is 0 Å². The van der Waals surface area contributed by atoms with E-state index >= 15 is 0 Å². The molecule has 0 unspecified atom stereocenters. The average molecular weight is 352 g/mol. The Kier molecular flexibility index (Phi) is 5.30. The normalized spacial score (nSPS) is 20.2. The number of para-hydroxylation sites is 3. The van der Waals surface area contributed by atoms with E-state index in [9.17, 15) is 0 Å². The molecule has 4 heteroatoms. The molecule has 1 atom stereocenters. The van der Waals surface area contributed by atoms with Gasteiger partial charge in [-0.2, -0.15) is 0 Å². The number of aryl methyl sites for hydroxylation is 1. The van der Waals surface area contributed by atoms with Gasteiger partial charge in [0.05, 0.1) is 0 Å². The molecule has 2 aliphatic rings. The fourth-order valence-electron chi connectivity index (χ4n) is 3.91. The molecular formula is C22H28N2O2. The van der Waals surface area contributed by atoms with Crippen molar-refractivity contribution in [2.45, 2.75) is 25.9 Å². The van der Waals surface area contributed by atoms with Gasteiger partial charge >= 0.3 is 0 Å². The van der Waals surface area contributed by atoms with Crippen LogP contribution in [0.5, 0.6) is 11.5 Å². The smallest absolute Gasteiger partial charge is 0.161 e. The maximum atomic E-state index is 6.12. The second kappa shape index (κ2) is 8.00. The van der Waals surface area contributed by atoms with E-state index in [0.717, 1.165) is 50.6 Å². The van der Waals surface area contributed by atoms with Crippen molar-refractivity contribution in [1.82, 2.24) is 4.90 Å². The van der Waals surface area contributed by atoms with Crippen LogP contribution in [0.4, 0.5) is 5.69 Å². The highest BCUT2D eigenvalue weighted by molar-refractivity contribution is 5.54. The Labute approximate surface area is 156 Å². The van der Waals surface area contributed by atoms with Crippen LogP contribution in [-0.2, 0) is 6.42 Å². The Morgan fingerprint density at radius 2 is 1.65 bits per heavy atom. The van der Waals surface area contributed by atoms with Gasteiger partial charge in [0.25, 0.3) is 0 Å². The first-order valence-electron chi connectivity index (χ1n) is 9.77. The molecule has 0 amide bonds. The largest absolute Gasteiger partial charge is 0.486 e. The highest BCUT2D eigenvalue weighted by atomic mass is 16.6. The van der Waals surface area contributed by atoms with Gasteiger partial charge in [-0.25, -0.2) is 0 Å². The van der Waals surface area contributed by atoms with Crippen LogP contribution in [0.15, 0.2) is 48.5 Å². The third kappa shape index (κ3) is 3.80. The molecule has 1 fully saturated rings. The first-order valence-corrected chi connectivity index (χ1v) is 9.77. The van der Waals surface area contributed by atoms with E-state index in [-0.39, 0.29) is 6.10 Å². The minimum Gasteiger partial charge on any atom is -0.486 e. The van der Waals surface area contributed by atoms with Crippen molar-refractivity contribution in [2.75, 3.05) is 44.2 Å². The number of nitrogens with zero attached hydrogens (tertiary/aromatic N) is 2. The molecule has 0 bridgehead atoms. The molecule has 4 nitrogen and oxygen atoms in total. The summed E-state index contributed by atoms with van der Waals surface area (Å²) >= 11 is 0. The molecule has 0 saturated carbocycles. The zero-order chi connectivity index (χ0) is 17.8. The van der Waals surface area contributed by atoms with Gasteiger partial charge in [0, 0.05) is 38.4 Å². The molecular weight excluding hydrogens is 324 g/mol. The number of piperazine rings is 1. The monoisotopic (exact) mass is 352 g/mol. The van der Waals surface area contributed by atoms with Gasteiger partial charge in [0.2, 0.25) is 0 Å². The fraction of sp³-hybridized carbons (Fsp3) is 0.455. The predicted octanol–water partition coefficient (Wildman–Crippen LogP) is 3.60. The van der Waals surface area contributed by atoms with Crippen molar-refractivity contribution in [1.29, 1.82) is 0 Å². The zero-order valence-electron chi connectivity index (χ0n) is 15.6. The van der Waals surface area contributed by atoms with Crippen molar-refractivity contribution in [3.8, 4) is 11.5 Å². The van der Waals surface area contributed by atoms with Gasteiger partial charge in [-0.3, -0.25) is 4.90 Å². The Morgan fingerprint density at radius 3 is 2.46 bits per heavy atom. The highest BCUT2D eigenvalue weighted by Gasteiger charge is 2.25. The van der Waals surface area contributed by atoms with E-state index in [2.05, 4.69) is 41.0 Å². The Bertz CT molecular complexity index is 726. The molecule has 138 valence electrons. The quantitative estimate of drug-likeness (QED) is 0.821. The summed E-state index contributed by atoms with van der Waals surface area (Å²) < 4.78 is 12.0. The van der Waals surface area contributed by atoms with E-state index in [1.165, 1.54) is 17.7 Å². The minimum absolute atomic E-state index is 0.115. The molecule has 4 rings (SSSR count). The first-order chi connectivity index (χ1) is 12.8. The SMILES string of the molecule is CCCc1ccccc1N1CCN(C[C@H]2COc3ccccc3O2)CC1. The average Bonchev–Trinajstić information content (AvgIpc) is 2.69. The van der Waals surface area contributed by atoms with Crippen LogP contribution in [0.1, 0.15) is 18.9 Å². The minimum atomic E-state index is 0.115. The zero-order valence-corrected chi connectivity index (χ0v) is 15.6. The Hall–Kier alpha value is -2.20. The summed E-state index contributed by atoms with van der Waals surface area (Å²) in [4.78, 5) is 5.04. The summed E-state index contributed by atoms with van der Waals surface area (Å²) in [6.45, 7) is 8.11. The summed E-state index contributed by atoms with van der Waals surface area (Å²) in [5.41, 5.74) is 2.89. The van der Waals surface area contributed by atoms with Crippen LogP contribution < -0.4 is 14.4 Å². The van der Waals surface area contributed by atoms with Gasteiger partial charge in [-0.1, -0.05) is 43.7 Å². The van der Waals surface area contributed by atoms with Crippen LogP contribution >= 0.6 is 0 Å². The molecule has 0 aromatic heterocycles. The first kappa shape index (κ1) is 17.2. The molecule has 2 aromatic rings. The summed E-state index contributed by atoms with van der Waals surface area (Å²) in [5, 5.41) is 0. The number of hydrogen-bond acceptors (Lipinski definition) is 4. The maximum Gasteiger partial charge on any atom is 0.161 e. The molecule has 2 aliphatic heterocycles. The van der Waals surface area contributed by atoms with Crippen molar-refractivity contribution in [3.05, 3.63) is 54.1 Å². The van der Waals surface area contributed by atoms with Crippen molar-refractivity contribution in [2.24, 2.45) is 0 Å². The van der Waals surface area contributed by atoms with Crippen LogP contribution in [0.25, 0.3) is 0 Å². The number of anilines is 1.